The maximum Gasteiger partial charge on any atom is 0.333 e. The average Bonchev–Trinajstić information content (AvgIpc) is 2.76. The van der Waals surface area contributed by atoms with E-state index in [4.69, 9.17) is 14.2 Å². The lowest BCUT2D eigenvalue weighted by Crippen LogP contribution is -2.33. The molecule has 0 aromatic carbocycles. The van der Waals surface area contributed by atoms with Gasteiger partial charge in [0.25, 0.3) is 0 Å². The van der Waals surface area contributed by atoms with Gasteiger partial charge in [0.2, 0.25) is 0 Å². The van der Waals surface area contributed by atoms with Crippen molar-refractivity contribution in [2.45, 2.75) is 44.2 Å². The van der Waals surface area contributed by atoms with Gasteiger partial charge >= 0.3 is 5.97 Å². The minimum Gasteiger partial charge on any atom is -0.463 e. The molecular formula is C13H20O6. The molecule has 0 saturated carbocycles. The molecular weight excluding hydrogens is 252 g/mol. The van der Waals surface area contributed by atoms with E-state index in [1.807, 2.05) is 0 Å². The SMILES string of the molecule is CCOC(=O)C1=CC2(CCC1)O[C@H](CO)[C@@H](CO)O2. The Morgan fingerprint density at radius 1 is 1.42 bits per heavy atom. The van der Waals surface area contributed by atoms with E-state index in [0.717, 1.165) is 6.42 Å². The number of aliphatic hydroxyl groups is 2. The predicted octanol–water partition coefficient (Wildman–Crippen LogP) is 0.125. The van der Waals surface area contributed by atoms with E-state index < -0.39 is 18.0 Å². The number of hydrogen-bond acceptors (Lipinski definition) is 6. The lowest BCUT2D eigenvalue weighted by Gasteiger charge is -2.29. The van der Waals surface area contributed by atoms with Crippen molar-refractivity contribution in [2.24, 2.45) is 0 Å². The smallest absolute Gasteiger partial charge is 0.333 e. The molecule has 0 radical (unpaired) electrons. The van der Waals surface area contributed by atoms with Crippen molar-refractivity contribution < 1.29 is 29.2 Å². The van der Waals surface area contributed by atoms with Gasteiger partial charge in [0.1, 0.15) is 12.2 Å². The van der Waals surface area contributed by atoms with E-state index in [2.05, 4.69) is 0 Å². The number of hydrogen-bond donors (Lipinski definition) is 2. The molecule has 2 N–H and O–H groups in total. The Hall–Kier alpha value is -0.950. The highest BCUT2D eigenvalue weighted by Gasteiger charge is 2.47. The minimum atomic E-state index is -1.01. The van der Waals surface area contributed by atoms with Crippen molar-refractivity contribution in [1.82, 2.24) is 0 Å². The summed E-state index contributed by atoms with van der Waals surface area (Å²) in [6.45, 7) is 1.62. The molecule has 0 aromatic rings. The van der Waals surface area contributed by atoms with Gasteiger partial charge in [0.15, 0.2) is 5.79 Å². The van der Waals surface area contributed by atoms with Crippen LogP contribution in [0.25, 0.3) is 0 Å². The third kappa shape index (κ3) is 2.97. The molecule has 2 rings (SSSR count). The second-order valence-electron chi connectivity index (χ2n) is 4.73. The molecule has 1 aliphatic carbocycles. The summed E-state index contributed by atoms with van der Waals surface area (Å²) >= 11 is 0. The van der Waals surface area contributed by atoms with Gasteiger partial charge in [0, 0.05) is 12.0 Å². The first kappa shape index (κ1) is 14.5. The Balaban J connectivity index is 2.15. The number of rotatable bonds is 4. The molecule has 2 atom stereocenters. The first-order chi connectivity index (χ1) is 9.14. The summed E-state index contributed by atoms with van der Waals surface area (Å²) in [5.74, 6) is -1.37. The van der Waals surface area contributed by atoms with Crippen LogP contribution in [-0.2, 0) is 19.0 Å². The van der Waals surface area contributed by atoms with Gasteiger partial charge < -0.3 is 24.4 Å². The van der Waals surface area contributed by atoms with E-state index in [1.165, 1.54) is 0 Å². The molecule has 108 valence electrons. The summed E-state index contributed by atoms with van der Waals surface area (Å²) in [6.07, 6.45) is 2.46. The standard InChI is InChI=1S/C13H20O6/c1-2-17-12(16)9-4-3-5-13(6-9)18-10(7-14)11(8-15)19-13/h6,10-11,14-15H,2-5,7-8H2,1H3/t10-,11-/m1/s1. The molecule has 0 amide bonds. The molecule has 1 saturated heterocycles. The van der Waals surface area contributed by atoms with E-state index in [9.17, 15) is 15.0 Å². The molecule has 1 spiro atoms. The van der Waals surface area contributed by atoms with Gasteiger partial charge in [-0.3, -0.25) is 0 Å². The second-order valence-corrected chi connectivity index (χ2v) is 4.73. The van der Waals surface area contributed by atoms with E-state index in [-0.39, 0.29) is 19.2 Å². The summed E-state index contributed by atoms with van der Waals surface area (Å²) < 4.78 is 16.3. The molecule has 6 nitrogen and oxygen atoms in total. The summed E-state index contributed by atoms with van der Waals surface area (Å²) in [4.78, 5) is 11.7. The van der Waals surface area contributed by atoms with Crippen LogP contribution in [0.3, 0.4) is 0 Å². The summed E-state index contributed by atoms with van der Waals surface area (Å²) in [6, 6.07) is 0. The van der Waals surface area contributed by atoms with Gasteiger partial charge in [-0.15, -0.1) is 0 Å². The average molecular weight is 272 g/mol. The monoisotopic (exact) mass is 272 g/mol. The van der Waals surface area contributed by atoms with Gasteiger partial charge in [-0.1, -0.05) is 0 Å². The molecule has 0 bridgehead atoms. The molecule has 1 aliphatic heterocycles. The van der Waals surface area contributed by atoms with Crippen molar-refractivity contribution in [3.63, 3.8) is 0 Å². The summed E-state index contributed by atoms with van der Waals surface area (Å²) in [5, 5.41) is 18.4. The summed E-state index contributed by atoms with van der Waals surface area (Å²) in [5.41, 5.74) is 0.531. The fourth-order valence-electron chi connectivity index (χ4n) is 2.51. The number of carbonyl (C=O) groups is 1. The lowest BCUT2D eigenvalue weighted by molar-refractivity contribution is -0.155. The highest BCUT2D eigenvalue weighted by molar-refractivity contribution is 5.88. The van der Waals surface area contributed by atoms with Crippen molar-refractivity contribution in [2.75, 3.05) is 19.8 Å². The van der Waals surface area contributed by atoms with E-state index in [1.54, 1.807) is 13.0 Å². The number of esters is 1. The van der Waals surface area contributed by atoms with Crippen molar-refractivity contribution in [3.8, 4) is 0 Å². The molecule has 19 heavy (non-hydrogen) atoms. The van der Waals surface area contributed by atoms with Crippen LogP contribution in [0.5, 0.6) is 0 Å². The quantitative estimate of drug-likeness (QED) is 0.707. The zero-order valence-electron chi connectivity index (χ0n) is 11.0. The van der Waals surface area contributed by atoms with Gasteiger partial charge in [-0.2, -0.15) is 0 Å². The Morgan fingerprint density at radius 2 is 2.05 bits per heavy atom. The van der Waals surface area contributed by atoms with Crippen LogP contribution < -0.4 is 0 Å². The van der Waals surface area contributed by atoms with Gasteiger partial charge in [-0.25, -0.2) is 4.79 Å². The lowest BCUT2D eigenvalue weighted by atomic mass is 9.94. The minimum absolute atomic E-state index is 0.227. The largest absolute Gasteiger partial charge is 0.463 e. The van der Waals surface area contributed by atoms with Crippen LogP contribution in [0.15, 0.2) is 11.6 Å². The molecule has 0 unspecified atom stereocenters. The molecule has 0 aromatic heterocycles. The van der Waals surface area contributed by atoms with Crippen molar-refractivity contribution in [3.05, 3.63) is 11.6 Å². The zero-order chi connectivity index (χ0) is 13.9. The summed E-state index contributed by atoms with van der Waals surface area (Å²) in [7, 11) is 0. The third-order valence-electron chi connectivity index (χ3n) is 3.38. The first-order valence-electron chi connectivity index (χ1n) is 6.60. The maximum atomic E-state index is 11.7. The second kappa shape index (κ2) is 6.00. The normalized spacial score (nSPS) is 29.3. The molecule has 6 heteroatoms. The highest BCUT2D eigenvalue weighted by Crippen LogP contribution is 2.39. The Morgan fingerprint density at radius 3 is 2.58 bits per heavy atom. The van der Waals surface area contributed by atoms with Crippen molar-refractivity contribution >= 4 is 5.97 Å². The highest BCUT2D eigenvalue weighted by atomic mass is 16.8. The fourth-order valence-corrected chi connectivity index (χ4v) is 2.51. The van der Waals surface area contributed by atoms with Crippen LogP contribution in [0, 0.1) is 0 Å². The Bertz CT molecular complexity index is 352. The number of aliphatic hydroxyl groups excluding tert-OH is 2. The van der Waals surface area contributed by atoms with Crippen LogP contribution in [-0.4, -0.2) is 54.0 Å². The van der Waals surface area contributed by atoms with Crippen LogP contribution in [0.4, 0.5) is 0 Å². The molecule has 1 fully saturated rings. The van der Waals surface area contributed by atoms with Crippen LogP contribution in [0.2, 0.25) is 0 Å². The first-order valence-corrected chi connectivity index (χ1v) is 6.60. The van der Waals surface area contributed by atoms with Crippen LogP contribution >= 0.6 is 0 Å². The van der Waals surface area contributed by atoms with Crippen molar-refractivity contribution in [1.29, 1.82) is 0 Å². The van der Waals surface area contributed by atoms with Gasteiger partial charge in [0.05, 0.1) is 19.8 Å². The Kier molecular flexibility index (Phi) is 4.57. The predicted molar refractivity (Wildman–Crippen MR) is 65.2 cm³/mol. The topological polar surface area (TPSA) is 85.2 Å². The Labute approximate surface area is 112 Å². The zero-order valence-corrected chi connectivity index (χ0v) is 11.0. The van der Waals surface area contributed by atoms with E-state index >= 15 is 0 Å². The molecule has 1 heterocycles. The number of carbonyl (C=O) groups excluding carboxylic acids is 1. The molecule has 2 aliphatic rings. The fraction of sp³-hybridized carbons (Fsp3) is 0.769. The maximum absolute atomic E-state index is 11.7. The van der Waals surface area contributed by atoms with Crippen LogP contribution in [0.1, 0.15) is 26.2 Å². The number of ether oxygens (including phenoxy) is 3. The third-order valence-corrected chi connectivity index (χ3v) is 3.38. The van der Waals surface area contributed by atoms with Gasteiger partial charge in [-0.05, 0) is 25.8 Å². The van der Waals surface area contributed by atoms with E-state index in [0.29, 0.717) is 25.0 Å².